The number of nitrogens with zero attached hydrogens (tertiary/aromatic N) is 4. The third-order valence-corrected chi connectivity index (χ3v) is 9.26. The van der Waals surface area contributed by atoms with Crippen LogP contribution in [0.1, 0.15) is 56.1 Å². The number of likely N-dealkylation sites (tertiary alicyclic amines) is 2. The Bertz CT molecular complexity index is 1420. The van der Waals surface area contributed by atoms with Crippen LogP contribution >= 0.6 is 0 Å². The number of aliphatic carboxylic acids is 1. The molecule has 0 saturated carbocycles. The minimum atomic E-state index is -0.926. The first-order chi connectivity index (χ1) is 22.0. The van der Waals surface area contributed by atoms with E-state index in [1.54, 1.807) is 7.11 Å². The molecule has 2 fully saturated rings. The molecule has 3 aliphatic heterocycles. The summed E-state index contributed by atoms with van der Waals surface area (Å²) < 4.78 is 17.6. The average molecular weight is 638 g/mol. The van der Waals surface area contributed by atoms with Crippen LogP contribution in [0.3, 0.4) is 0 Å². The van der Waals surface area contributed by atoms with Gasteiger partial charge in [-0.1, -0.05) is 25.5 Å². The van der Waals surface area contributed by atoms with Gasteiger partial charge in [-0.3, -0.25) is 19.3 Å². The van der Waals surface area contributed by atoms with E-state index >= 15 is 0 Å². The smallest absolute Gasteiger partial charge is 0.308 e. The molecular formula is C35H49N4O7+. The van der Waals surface area contributed by atoms with Gasteiger partial charge in [-0.25, -0.2) is 0 Å². The highest BCUT2D eigenvalue weighted by Crippen LogP contribution is 2.47. The maximum Gasteiger partial charge on any atom is 0.308 e. The van der Waals surface area contributed by atoms with Crippen LogP contribution in [0.2, 0.25) is 0 Å². The Kier molecular flexibility index (Phi) is 10.4. The molecule has 11 heteroatoms. The van der Waals surface area contributed by atoms with Crippen molar-refractivity contribution in [2.75, 3.05) is 72.7 Å². The Hall–Kier alpha value is -3.83. The molecule has 2 saturated heterocycles. The number of methoxy groups -OCH3 is 1. The molecule has 0 aliphatic carbocycles. The molecule has 3 heterocycles. The number of quaternary nitrogens is 1. The van der Waals surface area contributed by atoms with Crippen molar-refractivity contribution in [1.82, 2.24) is 9.80 Å². The molecule has 0 radical (unpaired) electrons. The van der Waals surface area contributed by atoms with E-state index in [2.05, 4.69) is 40.2 Å². The van der Waals surface area contributed by atoms with Crippen LogP contribution < -0.4 is 19.1 Å². The van der Waals surface area contributed by atoms with Crippen LogP contribution in [-0.4, -0.2) is 111 Å². The zero-order valence-electron chi connectivity index (χ0n) is 27.9. The van der Waals surface area contributed by atoms with E-state index in [4.69, 9.17) is 14.2 Å². The molecule has 5 rings (SSSR count). The lowest BCUT2D eigenvalue weighted by Gasteiger charge is -2.31. The number of anilines is 1. The van der Waals surface area contributed by atoms with Gasteiger partial charge in [-0.2, -0.15) is 0 Å². The molecule has 1 N–H and O–H groups in total. The minimum absolute atomic E-state index is 0.0637. The summed E-state index contributed by atoms with van der Waals surface area (Å²) in [6.45, 7) is 5.16. The zero-order chi connectivity index (χ0) is 33.0. The van der Waals surface area contributed by atoms with Crippen LogP contribution in [-0.2, 0) is 20.9 Å². The summed E-state index contributed by atoms with van der Waals surface area (Å²) in [5.41, 5.74) is 2.77. The van der Waals surface area contributed by atoms with E-state index in [0.29, 0.717) is 56.3 Å². The summed E-state index contributed by atoms with van der Waals surface area (Å²) in [6.07, 6.45) is 3.58. The molecule has 0 aromatic heterocycles. The van der Waals surface area contributed by atoms with Crippen molar-refractivity contribution in [1.29, 1.82) is 0 Å². The Balaban J connectivity index is 1.46. The Morgan fingerprint density at radius 3 is 2.63 bits per heavy atom. The van der Waals surface area contributed by atoms with Gasteiger partial charge < -0.3 is 33.6 Å². The number of ether oxygens (including phenoxy) is 3. The van der Waals surface area contributed by atoms with Crippen molar-refractivity contribution in [2.24, 2.45) is 5.92 Å². The molecule has 2 aromatic carbocycles. The van der Waals surface area contributed by atoms with Crippen molar-refractivity contribution in [3.8, 4) is 17.2 Å². The van der Waals surface area contributed by atoms with Gasteiger partial charge in [-0.05, 0) is 49.1 Å². The van der Waals surface area contributed by atoms with Crippen LogP contribution in [0.25, 0.3) is 0 Å². The fourth-order valence-corrected chi connectivity index (χ4v) is 7.13. The number of carboxylic acids is 1. The molecule has 250 valence electrons. The highest BCUT2D eigenvalue weighted by atomic mass is 16.7. The van der Waals surface area contributed by atoms with Gasteiger partial charge in [0.05, 0.1) is 40.7 Å². The Morgan fingerprint density at radius 2 is 1.96 bits per heavy atom. The van der Waals surface area contributed by atoms with E-state index in [1.165, 1.54) is 0 Å². The van der Waals surface area contributed by atoms with E-state index < -0.39 is 23.8 Å². The molecule has 2 aromatic rings. The largest absolute Gasteiger partial charge is 0.493 e. The van der Waals surface area contributed by atoms with Gasteiger partial charge in [0, 0.05) is 55.8 Å². The molecular weight excluding hydrogens is 588 g/mol. The summed E-state index contributed by atoms with van der Waals surface area (Å²) in [6, 6.07) is 11.4. The molecule has 46 heavy (non-hydrogen) atoms. The van der Waals surface area contributed by atoms with Crippen LogP contribution in [0, 0.1) is 5.92 Å². The number of carbonyl (C=O) groups is 3. The van der Waals surface area contributed by atoms with Crippen molar-refractivity contribution < 1.29 is 38.2 Å². The number of rotatable bonds is 14. The van der Waals surface area contributed by atoms with Crippen molar-refractivity contribution in [2.45, 2.75) is 57.5 Å². The predicted octanol–water partition coefficient (Wildman–Crippen LogP) is 3.94. The van der Waals surface area contributed by atoms with Gasteiger partial charge >= 0.3 is 5.97 Å². The van der Waals surface area contributed by atoms with Crippen LogP contribution in [0.4, 0.5) is 5.69 Å². The third-order valence-electron chi connectivity index (χ3n) is 9.26. The third kappa shape index (κ3) is 7.58. The second kappa shape index (κ2) is 14.3. The Morgan fingerprint density at radius 1 is 1.15 bits per heavy atom. The number of fused-ring (bicyclic) bond motifs is 1. The average Bonchev–Trinajstić information content (AvgIpc) is 3.73. The zero-order valence-corrected chi connectivity index (χ0v) is 27.9. The van der Waals surface area contributed by atoms with E-state index in [1.807, 2.05) is 39.0 Å². The van der Waals surface area contributed by atoms with E-state index in [0.717, 1.165) is 47.1 Å². The van der Waals surface area contributed by atoms with Crippen molar-refractivity contribution >= 4 is 23.5 Å². The molecule has 1 unspecified atom stereocenters. The number of carboxylic acid groups (broad SMARTS) is 1. The van der Waals surface area contributed by atoms with Gasteiger partial charge in [0.2, 0.25) is 24.4 Å². The SMILES string of the molecule is CCCCN(C(=O)CN1C[C@H](c2cc(OC)c3c(c2)OCO3)C(C(=O)O)[C@@H]1CCN1CCCC1=O)c1cccc(C[N+](C)(C)C)c1. The molecule has 0 spiro atoms. The molecule has 0 bridgehead atoms. The van der Waals surface area contributed by atoms with Gasteiger partial charge in [0.15, 0.2) is 11.5 Å². The van der Waals surface area contributed by atoms with E-state index in [9.17, 15) is 19.5 Å². The fraction of sp³-hybridized carbons (Fsp3) is 0.571. The summed E-state index contributed by atoms with van der Waals surface area (Å²) in [4.78, 5) is 45.5. The molecule has 3 aliphatic rings. The standard InChI is InChI=1S/C35H48N4O7/c1-6-7-15-38(26-11-8-10-24(17-26)22-39(2,3)4)32(41)21-37-20-27(25-18-29(44-5)34-30(19-25)45-23-46-34)33(35(42)43)28(37)13-16-36-14-9-12-31(36)40/h8,10-11,17-19,27-28,33H,6-7,9,12-16,20-23H2,1-5H3/p+1/t27-,28+,33?/m1/s1. The predicted molar refractivity (Wildman–Crippen MR) is 174 cm³/mol. The van der Waals surface area contributed by atoms with Crippen LogP contribution in [0.5, 0.6) is 17.2 Å². The summed E-state index contributed by atoms with van der Waals surface area (Å²) >= 11 is 0. The second-order valence-corrected chi connectivity index (χ2v) is 13.7. The lowest BCUT2D eigenvalue weighted by atomic mass is 9.84. The van der Waals surface area contributed by atoms with Gasteiger partial charge in [0.1, 0.15) is 6.54 Å². The maximum absolute atomic E-state index is 14.2. The minimum Gasteiger partial charge on any atom is -0.493 e. The van der Waals surface area contributed by atoms with Crippen molar-refractivity contribution in [3.05, 3.63) is 47.5 Å². The number of unbranched alkanes of at least 4 members (excludes halogenated alkanes) is 1. The summed E-state index contributed by atoms with van der Waals surface area (Å²) in [5.74, 6) is -0.599. The quantitative estimate of drug-likeness (QED) is 0.311. The highest BCUT2D eigenvalue weighted by molar-refractivity contribution is 5.95. The Labute approximate surface area is 272 Å². The molecule has 2 amide bonds. The number of carbonyl (C=O) groups excluding carboxylic acids is 2. The molecule has 11 nitrogen and oxygen atoms in total. The van der Waals surface area contributed by atoms with Gasteiger partial charge in [-0.15, -0.1) is 0 Å². The van der Waals surface area contributed by atoms with Crippen LogP contribution in [0.15, 0.2) is 36.4 Å². The first kappa shape index (κ1) is 33.5. The topological polar surface area (TPSA) is 109 Å². The molecule has 3 atom stereocenters. The monoisotopic (exact) mass is 637 g/mol. The number of amides is 2. The normalized spacial score (nSPS) is 21.2. The summed E-state index contributed by atoms with van der Waals surface area (Å²) in [5, 5.41) is 10.7. The van der Waals surface area contributed by atoms with Gasteiger partial charge in [0.25, 0.3) is 0 Å². The maximum atomic E-state index is 14.2. The lowest BCUT2D eigenvalue weighted by Crippen LogP contribution is -2.45. The van der Waals surface area contributed by atoms with Crippen molar-refractivity contribution in [3.63, 3.8) is 0 Å². The first-order valence-corrected chi connectivity index (χ1v) is 16.4. The highest BCUT2D eigenvalue weighted by Gasteiger charge is 2.48. The summed E-state index contributed by atoms with van der Waals surface area (Å²) in [7, 11) is 7.97. The second-order valence-electron chi connectivity index (χ2n) is 13.7. The number of hydrogen-bond acceptors (Lipinski definition) is 7. The number of hydrogen-bond donors (Lipinski definition) is 1. The number of benzene rings is 2. The fourth-order valence-electron chi connectivity index (χ4n) is 7.13. The van der Waals surface area contributed by atoms with E-state index in [-0.39, 0.29) is 25.2 Å². The first-order valence-electron chi connectivity index (χ1n) is 16.4. The lowest BCUT2D eigenvalue weighted by molar-refractivity contribution is -0.884.